The summed E-state index contributed by atoms with van der Waals surface area (Å²) in [5, 5.41) is 11.7. The van der Waals surface area contributed by atoms with Crippen molar-refractivity contribution in [3.63, 3.8) is 0 Å². The van der Waals surface area contributed by atoms with E-state index in [0.29, 0.717) is 5.56 Å². The molecule has 0 saturated carbocycles. The highest BCUT2D eigenvalue weighted by Crippen LogP contribution is 2.21. The fourth-order valence-corrected chi connectivity index (χ4v) is 1.70. The molecular formula is C14H17F2NO4. The number of nitrogens with one attached hydrogen (secondary N) is 1. The summed E-state index contributed by atoms with van der Waals surface area (Å²) in [5.74, 6) is -1.80. The lowest BCUT2D eigenvalue weighted by Crippen LogP contribution is -2.49. The first-order valence-electron chi connectivity index (χ1n) is 6.32. The molecule has 1 unspecified atom stereocenters. The van der Waals surface area contributed by atoms with Gasteiger partial charge in [0.15, 0.2) is 5.54 Å². The van der Waals surface area contributed by atoms with Gasteiger partial charge < -0.3 is 15.2 Å². The second-order valence-electron chi connectivity index (χ2n) is 4.56. The molecule has 1 amide bonds. The van der Waals surface area contributed by atoms with E-state index in [0.717, 1.165) is 0 Å². The molecule has 21 heavy (non-hydrogen) atoms. The van der Waals surface area contributed by atoms with Gasteiger partial charge in [0.1, 0.15) is 6.61 Å². The standard InChI is InChI=1S/C14H17F2NO4/c1-14(13(19)20,10-5-3-2-4-6-10)17-12(18)7-8-21-9-11(15)16/h2-6,11H,7-9H2,1H3,(H,17,18)(H,19,20). The van der Waals surface area contributed by atoms with Gasteiger partial charge in [0.05, 0.1) is 6.61 Å². The van der Waals surface area contributed by atoms with Crippen molar-refractivity contribution in [3.8, 4) is 0 Å². The SMILES string of the molecule is CC(NC(=O)CCOCC(F)F)(C(=O)O)c1ccccc1. The van der Waals surface area contributed by atoms with E-state index in [1.807, 2.05) is 0 Å². The lowest BCUT2D eigenvalue weighted by molar-refractivity contribution is -0.147. The molecule has 0 aliphatic heterocycles. The minimum absolute atomic E-state index is 0.192. The number of carboxylic acids is 1. The number of hydrogen-bond donors (Lipinski definition) is 2. The highest BCUT2D eigenvalue weighted by molar-refractivity contribution is 5.87. The Morgan fingerprint density at radius 2 is 1.95 bits per heavy atom. The zero-order valence-electron chi connectivity index (χ0n) is 11.5. The maximum absolute atomic E-state index is 11.9. The summed E-state index contributed by atoms with van der Waals surface area (Å²) in [6.07, 6.45) is -2.79. The van der Waals surface area contributed by atoms with Gasteiger partial charge in [0.25, 0.3) is 6.43 Å². The first kappa shape index (κ1) is 17.0. The molecule has 2 N–H and O–H groups in total. The molecule has 0 aromatic heterocycles. The van der Waals surface area contributed by atoms with E-state index in [1.165, 1.54) is 6.92 Å². The quantitative estimate of drug-likeness (QED) is 0.718. The molecule has 1 aromatic rings. The summed E-state index contributed by atoms with van der Waals surface area (Å²) in [5.41, 5.74) is -1.17. The summed E-state index contributed by atoms with van der Waals surface area (Å²) in [4.78, 5) is 23.2. The molecule has 5 nitrogen and oxygen atoms in total. The van der Waals surface area contributed by atoms with Gasteiger partial charge in [-0.3, -0.25) is 4.79 Å². The van der Waals surface area contributed by atoms with Gasteiger partial charge >= 0.3 is 5.97 Å². The van der Waals surface area contributed by atoms with Crippen LogP contribution >= 0.6 is 0 Å². The molecule has 0 aliphatic carbocycles. The third-order valence-electron chi connectivity index (χ3n) is 2.89. The molecule has 116 valence electrons. The maximum atomic E-state index is 11.9. The normalized spacial score (nSPS) is 13.7. The van der Waals surface area contributed by atoms with Crippen LogP contribution in [0.2, 0.25) is 0 Å². The Morgan fingerprint density at radius 3 is 2.48 bits per heavy atom. The minimum Gasteiger partial charge on any atom is -0.479 e. The number of ether oxygens (including phenoxy) is 1. The van der Waals surface area contributed by atoms with Crippen LogP contribution in [0.15, 0.2) is 30.3 Å². The van der Waals surface area contributed by atoms with Gasteiger partial charge in [-0.2, -0.15) is 0 Å². The highest BCUT2D eigenvalue weighted by Gasteiger charge is 2.36. The fourth-order valence-electron chi connectivity index (χ4n) is 1.70. The topological polar surface area (TPSA) is 75.6 Å². The Morgan fingerprint density at radius 1 is 1.33 bits per heavy atom. The Balaban J connectivity index is 2.63. The van der Waals surface area contributed by atoms with Crippen molar-refractivity contribution in [1.82, 2.24) is 5.32 Å². The monoisotopic (exact) mass is 301 g/mol. The Bertz CT molecular complexity index is 481. The molecular weight excluding hydrogens is 284 g/mol. The van der Waals surface area contributed by atoms with Crippen LogP contribution in [0.4, 0.5) is 8.78 Å². The van der Waals surface area contributed by atoms with Gasteiger partial charge in [-0.1, -0.05) is 30.3 Å². The molecule has 1 aromatic carbocycles. The summed E-state index contributed by atoms with van der Waals surface area (Å²) in [7, 11) is 0. The molecule has 0 spiro atoms. The molecule has 0 radical (unpaired) electrons. The van der Waals surface area contributed by atoms with Crippen molar-refractivity contribution in [2.75, 3.05) is 13.2 Å². The number of carboxylic acid groups (broad SMARTS) is 1. The Labute approximate surface area is 120 Å². The minimum atomic E-state index is -2.60. The maximum Gasteiger partial charge on any atom is 0.333 e. The predicted molar refractivity (Wildman–Crippen MR) is 71.0 cm³/mol. The summed E-state index contributed by atoms with van der Waals surface area (Å²) in [6.45, 7) is 0.422. The van der Waals surface area contributed by atoms with Gasteiger partial charge in [0.2, 0.25) is 5.91 Å². The van der Waals surface area contributed by atoms with Crippen LogP contribution in [0.25, 0.3) is 0 Å². The van der Waals surface area contributed by atoms with Crippen LogP contribution in [0.1, 0.15) is 18.9 Å². The van der Waals surface area contributed by atoms with E-state index >= 15 is 0 Å². The summed E-state index contributed by atoms with van der Waals surface area (Å²) < 4.78 is 28.3. The molecule has 0 heterocycles. The van der Waals surface area contributed by atoms with Crippen molar-refractivity contribution in [1.29, 1.82) is 0 Å². The number of amides is 1. The lowest BCUT2D eigenvalue weighted by Gasteiger charge is -2.26. The van der Waals surface area contributed by atoms with Gasteiger partial charge in [-0.15, -0.1) is 0 Å². The van der Waals surface area contributed by atoms with Gasteiger partial charge in [-0.25, -0.2) is 13.6 Å². The number of rotatable bonds is 8. The first-order chi connectivity index (χ1) is 9.86. The van der Waals surface area contributed by atoms with E-state index in [1.54, 1.807) is 30.3 Å². The largest absolute Gasteiger partial charge is 0.479 e. The van der Waals surface area contributed by atoms with Crippen LogP contribution < -0.4 is 5.32 Å². The van der Waals surface area contributed by atoms with Crippen LogP contribution in [0.3, 0.4) is 0 Å². The third kappa shape index (κ3) is 5.11. The molecule has 1 rings (SSSR count). The van der Waals surface area contributed by atoms with Gasteiger partial charge in [0, 0.05) is 6.42 Å². The number of carbonyl (C=O) groups is 2. The van der Waals surface area contributed by atoms with Crippen LogP contribution in [-0.2, 0) is 19.9 Å². The number of benzene rings is 1. The number of alkyl halides is 2. The van der Waals surface area contributed by atoms with E-state index in [2.05, 4.69) is 10.1 Å². The van der Waals surface area contributed by atoms with Crippen molar-refractivity contribution < 1.29 is 28.2 Å². The number of hydrogen-bond acceptors (Lipinski definition) is 3. The average Bonchev–Trinajstić information content (AvgIpc) is 2.44. The third-order valence-corrected chi connectivity index (χ3v) is 2.89. The van der Waals surface area contributed by atoms with Crippen LogP contribution in [-0.4, -0.2) is 36.6 Å². The molecule has 0 saturated heterocycles. The van der Waals surface area contributed by atoms with Crippen molar-refractivity contribution in [2.24, 2.45) is 0 Å². The number of carbonyl (C=O) groups excluding carboxylic acids is 1. The first-order valence-corrected chi connectivity index (χ1v) is 6.32. The molecule has 0 bridgehead atoms. The molecule has 0 fully saturated rings. The predicted octanol–water partition coefficient (Wildman–Crippen LogP) is 1.77. The van der Waals surface area contributed by atoms with E-state index in [-0.39, 0.29) is 13.0 Å². The highest BCUT2D eigenvalue weighted by atomic mass is 19.3. The van der Waals surface area contributed by atoms with Crippen molar-refractivity contribution >= 4 is 11.9 Å². The van der Waals surface area contributed by atoms with Crippen molar-refractivity contribution in [2.45, 2.75) is 25.3 Å². The molecule has 7 heteroatoms. The zero-order valence-corrected chi connectivity index (χ0v) is 11.5. The fraction of sp³-hybridized carbons (Fsp3) is 0.429. The Kier molecular flexibility index (Phi) is 6.23. The second kappa shape index (κ2) is 7.68. The summed E-state index contributed by atoms with van der Waals surface area (Å²) >= 11 is 0. The summed E-state index contributed by atoms with van der Waals surface area (Å²) in [6, 6.07) is 8.22. The molecule has 0 aliphatic rings. The van der Waals surface area contributed by atoms with Gasteiger partial charge in [-0.05, 0) is 12.5 Å². The average molecular weight is 301 g/mol. The number of aliphatic carboxylic acids is 1. The smallest absolute Gasteiger partial charge is 0.333 e. The van der Waals surface area contributed by atoms with Crippen LogP contribution in [0.5, 0.6) is 0 Å². The van der Waals surface area contributed by atoms with E-state index in [4.69, 9.17) is 0 Å². The number of halogens is 2. The van der Waals surface area contributed by atoms with E-state index < -0.39 is 30.4 Å². The van der Waals surface area contributed by atoms with Crippen molar-refractivity contribution in [3.05, 3.63) is 35.9 Å². The second-order valence-corrected chi connectivity index (χ2v) is 4.56. The zero-order chi connectivity index (χ0) is 15.9. The van der Waals surface area contributed by atoms with Crippen LogP contribution in [0, 0.1) is 0 Å². The Hall–Kier alpha value is -2.02. The lowest BCUT2D eigenvalue weighted by atomic mass is 9.92. The van der Waals surface area contributed by atoms with E-state index in [9.17, 15) is 23.5 Å². The molecule has 1 atom stereocenters.